The molecule has 0 amide bonds. The lowest BCUT2D eigenvalue weighted by Gasteiger charge is -2.27. The molecule has 1 aromatic heterocycles. The number of rotatable bonds is 9. The molecule has 0 saturated heterocycles. The molecule has 0 atom stereocenters. The fraction of sp³-hybridized carbons (Fsp3) is 0. The molecule has 0 aliphatic carbocycles. The van der Waals surface area contributed by atoms with E-state index < -0.39 is 0 Å². The minimum atomic E-state index is -0.365. The topological polar surface area (TPSA) is 41.7 Å². The van der Waals surface area contributed by atoms with Gasteiger partial charge in [-0.15, -0.1) is 0 Å². The maximum atomic E-state index is 6.33. The van der Waals surface area contributed by atoms with Crippen molar-refractivity contribution < 1.29 is 9.15 Å². The minimum absolute atomic E-state index is 0.365. The summed E-state index contributed by atoms with van der Waals surface area (Å²) in [5.74, 6) is 1.60. The second kappa shape index (κ2) is 16.1. The van der Waals surface area contributed by atoms with Crippen molar-refractivity contribution in [3.8, 4) is 28.3 Å². The highest BCUT2D eigenvalue weighted by molar-refractivity contribution is 14.2. The lowest BCUT2D eigenvalue weighted by molar-refractivity contribution is 0.567. The predicted molar refractivity (Wildman–Crippen MR) is 273 cm³/mol. The highest BCUT2D eigenvalue weighted by Gasteiger charge is 2.20. The van der Waals surface area contributed by atoms with Gasteiger partial charge in [0.2, 0.25) is 5.89 Å². The SMILES string of the molecule is c1ccc2c(c1)OC(c1ccc(N(c3ccc(-c4ccc(N(c5ccc(-c6nc7ccccc7o6)cc5)c5cccc6ccccc56)cc4)cc3)c3cccc4ccccc34)cc1)=I2. The molecule has 0 saturated carbocycles. The number of fused-ring (bicyclic) bond motifs is 4. The Hall–Kier alpha value is -7.81. The van der Waals surface area contributed by atoms with Crippen LogP contribution in [0.15, 0.2) is 235 Å². The van der Waals surface area contributed by atoms with Crippen molar-refractivity contribution in [2.75, 3.05) is 9.80 Å². The molecule has 6 heteroatoms. The second-order valence-electron chi connectivity index (χ2n) is 15.7. The van der Waals surface area contributed by atoms with E-state index in [1.165, 1.54) is 25.1 Å². The first-order valence-electron chi connectivity index (χ1n) is 21.3. The summed E-state index contributed by atoms with van der Waals surface area (Å²) >= 11 is -0.365. The smallest absolute Gasteiger partial charge is 0.227 e. The Morgan fingerprint density at radius 1 is 0.375 bits per heavy atom. The van der Waals surface area contributed by atoms with Gasteiger partial charge in [0.05, 0.1) is 14.9 Å². The van der Waals surface area contributed by atoms with Crippen LogP contribution in [0.4, 0.5) is 34.1 Å². The van der Waals surface area contributed by atoms with E-state index in [1.807, 2.05) is 30.3 Å². The van der Waals surface area contributed by atoms with E-state index in [0.717, 1.165) is 76.9 Å². The van der Waals surface area contributed by atoms with Gasteiger partial charge in [0.1, 0.15) is 11.3 Å². The number of hydrogen-bond donors (Lipinski definition) is 0. The standard InChI is InChI=1S/C58H38IN3O2/c1-3-15-49-41(11-1)13-9-19-53(49)61(47-35-27-43(28-36-47)57-59-51-17-5-7-21-55(51)63-57)45-31-23-39(24-32-45)40-25-33-46(34-26-40)62(54-20-10-14-42-12-2-4-16-50(42)54)48-37-29-44(30-38-48)58-60-52-18-6-8-22-56(52)64-58/h1-38H. The number of ether oxygens (including phenoxy) is 1. The van der Waals surface area contributed by atoms with E-state index in [9.17, 15) is 0 Å². The van der Waals surface area contributed by atoms with Crippen LogP contribution >= 0.6 is 20.7 Å². The van der Waals surface area contributed by atoms with E-state index in [2.05, 4.69) is 210 Å². The summed E-state index contributed by atoms with van der Waals surface area (Å²) in [6.45, 7) is 0. The summed E-state index contributed by atoms with van der Waals surface area (Å²) in [5, 5.41) is 4.76. The summed E-state index contributed by atoms with van der Waals surface area (Å²) in [4.78, 5) is 9.44. The highest BCUT2D eigenvalue weighted by Crippen LogP contribution is 2.43. The van der Waals surface area contributed by atoms with E-state index in [-0.39, 0.29) is 20.7 Å². The van der Waals surface area contributed by atoms with E-state index >= 15 is 0 Å². The number of halogens is 1. The van der Waals surface area contributed by atoms with Crippen molar-refractivity contribution in [1.82, 2.24) is 4.98 Å². The Bertz CT molecular complexity index is 3480. The average molecular weight is 936 g/mol. The van der Waals surface area contributed by atoms with Gasteiger partial charge in [-0.1, -0.05) is 121 Å². The molecular formula is C58H38IN3O2. The first-order valence-corrected chi connectivity index (χ1v) is 23.5. The Balaban J connectivity index is 0.880. The van der Waals surface area contributed by atoms with Crippen LogP contribution in [0.2, 0.25) is 0 Å². The molecular weight excluding hydrogens is 898 g/mol. The lowest BCUT2D eigenvalue weighted by Crippen LogP contribution is -2.11. The van der Waals surface area contributed by atoms with Gasteiger partial charge in [0, 0.05) is 44.6 Å². The lowest BCUT2D eigenvalue weighted by atomic mass is 10.0. The van der Waals surface area contributed by atoms with Gasteiger partial charge in [-0.3, -0.25) is 0 Å². The van der Waals surface area contributed by atoms with Crippen LogP contribution in [0.5, 0.6) is 5.75 Å². The molecule has 1 aliphatic rings. The monoisotopic (exact) mass is 935 g/mol. The fourth-order valence-electron chi connectivity index (χ4n) is 8.68. The van der Waals surface area contributed by atoms with Crippen LogP contribution in [0.25, 0.3) is 55.2 Å². The number of oxazole rings is 1. The third-order valence-electron chi connectivity index (χ3n) is 11.8. The van der Waals surface area contributed by atoms with Crippen molar-refractivity contribution in [2.24, 2.45) is 0 Å². The van der Waals surface area contributed by atoms with Crippen molar-refractivity contribution in [2.45, 2.75) is 0 Å². The van der Waals surface area contributed by atoms with Gasteiger partial charge in [0.25, 0.3) is 0 Å². The molecule has 10 aromatic carbocycles. The zero-order valence-electron chi connectivity index (χ0n) is 34.5. The van der Waals surface area contributed by atoms with Gasteiger partial charge >= 0.3 is 0 Å². The van der Waals surface area contributed by atoms with Gasteiger partial charge in [-0.2, -0.15) is 0 Å². The van der Waals surface area contributed by atoms with Gasteiger partial charge in [0.15, 0.2) is 9.28 Å². The molecule has 0 radical (unpaired) electrons. The number of hydrogen-bond acceptors (Lipinski definition) is 5. The average Bonchev–Trinajstić information content (AvgIpc) is 4.01. The molecule has 1 aliphatic heterocycles. The van der Waals surface area contributed by atoms with E-state index in [0.29, 0.717) is 5.89 Å². The quantitative estimate of drug-likeness (QED) is 0.135. The summed E-state index contributed by atoms with van der Waals surface area (Å²) < 4.78 is 14.9. The van der Waals surface area contributed by atoms with Crippen LogP contribution in [0, 0.1) is 3.57 Å². The molecule has 0 unspecified atom stereocenters. The Morgan fingerprint density at radius 3 is 1.38 bits per heavy atom. The zero-order chi connectivity index (χ0) is 42.4. The molecule has 64 heavy (non-hydrogen) atoms. The first kappa shape index (κ1) is 37.9. The molecule has 5 nitrogen and oxygen atoms in total. The normalized spacial score (nSPS) is 12.1. The van der Waals surface area contributed by atoms with Gasteiger partial charge < -0.3 is 19.0 Å². The fourth-order valence-corrected chi connectivity index (χ4v) is 11.2. The zero-order valence-corrected chi connectivity index (χ0v) is 36.6. The van der Waals surface area contributed by atoms with E-state index in [1.54, 1.807) is 0 Å². The third kappa shape index (κ3) is 6.98. The molecule has 2 heterocycles. The van der Waals surface area contributed by atoms with Crippen LogP contribution in [0.1, 0.15) is 5.56 Å². The van der Waals surface area contributed by atoms with Crippen LogP contribution in [-0.2, 0) is 0 Å². The number of anilines is 6. The molecule has 11 aromatic rings. The summed E-state index contributed by atoms with van der Waals surface area (Å²) in [6.07, 6.45) is 0. The maximum Gasteiger partial charge on any atom is 0.227 e. The van der Waals surface area contributed by atoms with E-state index in [4.69, 9.17) is 14.1 Å². The van der Waals surface area contributed by atoms with Crippen LogP contribution in [0.3, 0.4) is 0 Å². The minimum Gasteiger partial charge on any atom is -0.450 e. The highest BCUT2D eigenvalue weighted by atomic mass is 127. The number of benzene rings is 10. The van der Waals surface area contributed by atoms with Crippen LogP contribution < -0.4 is 14.5 Å². The Morgan fingerprint density at radius 2 is 0.828 bits per heavy atom. The predicted octanol–water partition coefficient (Wildman–Crippen LogP) is 16.1. The van der Waals surface area contributed by atoms with Gasteiger partial charge in [-0.05, 0) is 152 Å². The summed E-state index contributed by atoms with van der Waals surface area (Å²) in [5.41, 5.74) is 12.5. The first-order chi connectivity index (χ1) is 31.7. The van der Waals surface area contributed by atoms with Gasteiger partial charge in [-0.25, -0.2) is 4.98 Å². The number of nitrogens with zero attached hydrogens (tertiary/aromatic N) is 3. The summed E-state index contributed by atoms with van der Waals surface area (Å²) in [7, 11) is 0. The van der Waals surface area contributed by atoms with Crippen molar-refractivity contribution in [3.05, 3.63) is 240 Å². The number of para-hydroxylation sites is 3. The maximum absolute atomic E-state index is 6.33. The summed E-state index contributed by atoms with van der Waals surface area (Å²) in [6, 6.07) is 81.6. The van der Waals surface area contributed by atoms with Crippen molar-refractivity contribution in [1.29, 1.82) is 0 Å². The molecule has 0 fully saturated rings. The third-order valence-corrected chi connectivity index (χ3v) is 14.6. The number of aromatic nitrogens is 1. The van der Waals surface area contributed by atoms with Crippen molar-refractivity contribution >= 4 is 91.2 Å². The molecule has 0 spiro atoms. The molecule has 12 rings (SSSR count). The molecule has 0 bridgehead atoms. The van der Waals surface area contributed by atoms with Crippen molar-refractivity contribution in [3.63, 3.8) is 0 Å². The molecule has 304 valence electrons. The Labute approximate surface area is 380 Å². The van der Waals surface area contributed by atoms with Crippen LogP contribution in [-0.4, -0.2) is 8.68 Å². The Kier molecular flexibility index (Phi) is 9.56. The largest absolute Gasteiger partial charge is 0.450 e. The molecule has 0 N–H and O–H groups in total. The second-order valence-corrected chi connectivity index (χ2v) is 18.4.